The first-order valence-corrected chi connectivity index (χ1v) is 5.68. The molecule has 0 aliphatic rings. The van der Waals surface area contributed by atoms with Gasteiger partial charge in [-0.1, -0.05) is 6.92 Å². The fourth-order valence-electron chi connectivity index (χ4n) is 1.66. The van der Waals surface area contributed by atoms with Crippen molar-refractivity contribution < 1.29 is 9.53 Å². The maximum absolute atomic E-state index is 12.5. The second-order valence-corrected chi connectivity index (χ2v) is 4.41. The van der Waals surface area contributed by atoms with E-state index in [0.29, 0.717) is 11.4 Å². The van der Waals surface area contributed by atoms with Crippen molar-refractivity contribution in [1.82, 2.24) is 9.88 Å². The predicted molar refractivity (Wildman–Crippen MR) is 67.5 cm³/mol. The van der Waals surface area contributed by atoms with Crippen molar-refractivity contribution >= 4 is 5.78 Å². The lowest BCUT2D eigenvalue weighted by atomic mass is 9.89. The first-order valence-electron chi connectivity index (χ1n) is 5.68. The third-order valence-corrected chi connectivity index (χ3v) is 3.37. The molecule has 0 radical (unpaired) electrons. The Hall–Kier alpha value is -1.42. The summed E-state index contributed by atoms with van der Waals surface area (Å²) in [6.07, 6.45) is 2.33. The molecule has 17 heavy (non-hydrogen) atoms. The van der Waals surface area contributed by atoms with Gasteiger partial charge in [0, 0.05) is 6.20 Å². The molecule has 0 aliphatic heterocycles. The van der Waals surface area contributed by atoms with Gasteiger partial charge in [-0.2, -0.15) is 0 Å². The van der Waals surface area contributed by atoms with Gasteiger partial charge in [0.1, 0.15) is 11.4 Å². The maximum atomic E-state index is 12.5. The van der Waals surface area contributed by atoms with Crippen LogP contribution in [-0.4, -0.2) is 42.4 Å². The number of carbonyl (C=O) groups is 1. The van der Waals surface area contributed by atoms with Gasteiger partial charge >= 0.3 is 0 Å². The lowest BCUT2D eigenvalue weighted by molar-refractivity contribution is 0.0701. The summed E-state index contributed by atoms with van der Waals surface area (Å²) in [6, 6.07) is 3.51. The van der Waals surface area contributed by atoms with E-state index in [4.69, 9.17) is 4.74 Å². The SMILES string of the molecule is CCC(C)(C(=O)c1ncccc1OC)N(C)C. The van der Waals surface area contributed by atoms with Gasteiger partial charge in [-0.05, 0) is 39.6 Å². The fraction of sp³-hybridized carbons (Fsp3) is 0.538. The Morgan fingerprint density at radius 2 is 2.18 bits per heavy atom. The van der Waals surface area contributed by atoms with Crippen LogP contribution >= 0.6 is 0 Å². The topological polar surface area (TPSA) is 42.4 Å². The number of likely N-dealkylation sites (N-methyl/N-ethyl adjacent to an activating group) is 1. The summed E-state index contributed by atoms with van der Waals surface area (Å²) in [5.74, 6) is 0.515. The van der Waals surface area contributed by atoms with E-state index in [0.717, 1.165) is 6.42 Å². The predicted octanol–water partition coefficient (Wildman–Crippen LogP) is 2.00. The zero-order chi connectivity index (χ0) is 13.1. The third kappa shape index (κ3) is 2.47. The van der Waals surface area contributed by atoms with E-state index in [1.165, 1.54) is 0 Å². The van der Waals surface area contributed by atoms with Crippen molar-refractivity contribution in [3.05, 3.63) is 24.0 Å². The fourth-order valence-corrected chi connectivity index (χ4v) is 1.66. The Morgan fingerprint density at radius 1 is 1.53 bits per heavy atom. The molecule has 1 unspecified atom stereocenters. The number of aromatic nitrogens is 1. The molecule has 94 valence electrons. The number of rotatable bonds is 5. The minimum absolute atomic E-state index is 0.0116. The van der Waals surface area contributed by atoms with Gasteiger partial charge in [-0.3, -0.25) is 9.69 Å². The van der Waals surface area contributed by atoms with Gasteiger partial charge < -0.3 is 4.74 Å². The standard InChI is InChI=1S/C13H20N2O2/c1-6-13(2,15(3)4)12(16)11-10(17-5)8-7-9-14-11/h7-9H,6H2,1-5H3. The summed E-state index contributed by atoms with van der Waals surface area (Å²) in [5, 5.41) is 0. The molecule has 1 aromatic rings. The van der Waals surface area contributed by atoms with Crippen molar-refractivity contribution in [1.29, 1.82) is 0 Å². The maximum Gasteiger partial charge on any atom is 0.204 e. The highest BCUT2D eigenvalue weighted by Crippen LogP contribution is 2.25. The average Bonchev–Trinajstić information content (AvgIpc) is 2.36. The summed E-state index contributed by atoms with van der Waals surface area (Å²) in [4.78, 5) is 18.6. The molecule has 0 saturated heterocycles. The van der Waals surface area contributed by atoms with E-state index in [1.54, 1.807) is 25.4 Å². The van der Waals surface area contributed by atoms with Crippen LogP contribution in [0, 0.1) is 0 Å². The number of Topliss-reactive ketones (excluding diaryl/α,β-unsaturated/α-hetero) is 1. The first-order chi connectivity index (χ1) is 7.97. The van der Waals surface area contributed by atoms with Gasteiger partial charge in [-0.15, -0.1) is 0 Å². The molecular formula is C13H20N2O2. The second kappa shape index (κ2) is 5.27. The molecule has 0 amide bonds. The van der Waals surface area contributed by atoms with Crippen LogP contribution in [0.5, 0.6) is 5.75 Å². The molecule has 0 saturated carbocycles. The summed E-state index contributed by atoms with van der Waals surface area (Å²) < 4.78 is 5.18. The third-order valence-electron chi connectivity index (χ3n) is 3.37. The van der Waals surface area contributed by atoms with Crippen LogP contribution in [0.25, 0.3) is 0 Å². The van der Waals surface area contributed by atoms with Crippen molar-refractivity contribution in [3.8, 4) is 5.75 Å². The van der Waals surface area contributed by atoms with Crippen molar-refractivity contribution in [3.63, 3.8) is 0 Å². The number of hydrogen-bond donors (Lipinski definition) is 0. The van der Waals surface area contributed by atoms with Gasteiger partial charge in [0.05, 0.1) is 12.6 Å². The Morgan fingerprint density at radius 3 is 2.65 bits per heavy atom. The van der Waals surface area contributed by atoms with Crippen LogP contribution in [0.15, 0.2) is 18.3 Å². The number of ketones is 1. The zero-order valence-electron chi connectivity index (χ0n) is 11.2. The molecule has 0 spiro atoms. The lowest BCUT2D eigenvalue weighted by Gasteiger charge is -2.33. The Balaban J connectivity index is 3.19. The van der Waals surface area contributed by atoms with Crippen LogP contribution in [0.2, 0.25) is 0 Å². The van der Waals surface area contributed by atoms with Crippen molar-refractivity contribution in [2.24, 2.45) is 0 Å². The number of carbonyl (C=O) groups excluding carboxylic acids is 1. The van der Waals surface area contributed by atoms with E-state index < -0.39 is 5.54 Å². The minimum atomic E-state index is -0.554. The number of hydrogen-bond acceptors (Lipinski definition) is 4. The van der Waals surface area contributed by atoms with Crippen molar-refractivity contribution in [2.45, 2.75) is 25.8 Å². The van der Waals surface area contributed by atoms with E-state index in [-0.39, 0.29) is 5.78 Å². The zero-order valence-corrected chi connectivity index (χ0v) is 11.2. The number of pyridine rings is 1. The molecule has 4 nitrogen and oxygen atoms in total. The first kappa shape index (κ1) is 13.6. The van der Waals surface area contributed by atoms with Gasteiger partial charge in [0.2, 0.25) is 5.78 Å². The van der Waals surface area contributed by atoms with E-state index >= 15 is 0 Å². The Kier molecular flexibility index (Phi) is 4.23. The summed E-state index contributed by atoms with van der Waals surface area (Å²) >= 11 is 0. The van der Waals surface area contributed by atoms with E-state index in [2.05, 4.69) is 4.98 Å². The molecular weight excluding hydrogens is 216 g/mol. The van der Waals surface area contributed by atoms with E-state index in [1.807, 2.05) is 32.8 Å². The molecule has 1 atom stereocenters. The van der Waals surface area contributed by atoms with Crippen LogP contribution in [0.3, 0.4) is 0 Å². The molecule has 0 N–H and O–H groups in total. The molecule has 0 aromatic carbocycles. The molecule has 1 rings (SSSR count). The van der Waals surface area contributed by atoms with Crippen molar-refractivity contribution in [2.75, 3.05) is 21.2 Å². The second-order valence-electron chi connectivity index (χ2n) is 4.41. The molecule has 4 heteroatoms. The molecule has 0 bridgehead atoms. The molecule has 1 heterocycles. The monoisotopic (exact) mass is 236 g/mol. The largest absolute Gasteiger partial charge is 0.494 e. The highest BCUT2D eigenvalue weighted by Gasteiger charge is 2.36. The van der Waals surface area contributed by atoms with Gasteiger partial charge in [0.15, 0.2) is 0 Å². The summed E-state index contributed by atoms with van der Waals surface area (Å²) in [5.41, 5.74) is -0.158. The van der Waals surface area contributed by atoms with E-state index in [9.17, 15) is 4.79 Å². The van der Waals surface area contributed by atoms with Gasteiger partial charge in [0.25, 0.3) is 0 Å². The highest BCUT2D eigenvalue weighted by atomic mass is 16.5. The summed E-state index contributed by atoms with van der Waals surface area (Å²) in [6.45, 7) is 3.91. The Bertz CT molecular complexity index is 404. The average molecular weight is 236 g/mol. The highest BCUT2D eigenvalue weighted by molar-refractivity contribution is 6.03. The normalized spacial score (nSPS) is 14.5. The van der Waals surface area contributed by atoms with Crippen LogP contribution in [-0.2, 0) is 0 Å². The smallest absolute Gasteiger partial charge is 0.204 e. The lowest BCUT2D eigenvalue weighted by Crippen LogP contribution is -2.48. The summed E-state index contributed by atoms with van der Waals surface area (Å²) in [7, 11) is 5.35. The minimum Gasteiger partial charge on any atom is -0.494 e. The van der Waals surface area contributed by atoms with Crippen LogP contribution in [0.4, 0.5) is 0 Å². The number of ether oxygens (including phenoxy) is 1. The molecule has 1 aromatic heterocycles. The van der Waals surface area contributed by atoms with Crippen LogP contribution in [0.1, 0.15) is 30.8 Å². The molecule has 0 aliphatic carbocycles. The van der Waals surface area contributed by atoms with Crippen LogP contribution < -0.4 is 4.74 Å². The quantitative estimate of drug-likeness (QED) is 0.733. The van der Waals surface area contributed by atoms with Gasteiger partial charge in [-0.25, -0.2) is 4.98 Å². The number of methoxy groups -OCH3 is 1. The number of nitrogens with zero attached hydrogens (tertiary/aromatic N) is 2. The Labute approximate surface area is 103 Å². The molecule has 0 fully saturated rings.